The second-order valence-electron chi connectivity index (χ2n) is 5.40. The Morgan fingerprint density at radius 2 is 1.75 bits per heavy atom. The number of hydrogen-bond acceptors (Lipinski definition) is 1. The van der Waals surface area contributed by atoms with E-state index in [1.54, 1.807) is 0 Å². The molecule has 0 spiro atoms. The van der Waals surface area contributed by atoms with E-state index in [9.17, 15) is 0 Å². The lowest BCUT2D eigenvalue weighted by molar-refractivity contribution is 0.496. The lowest BCUT2D eigenvalue weighted by atomic mass is 10.0. The molecule has 1 aliphatic carbocycles. The molecule has 1 atom stereocenters. The van der Waals surface area contributed by atoms with Crippen molar-refractivity contribution in [2.24, 2.45) is 5.92 Å². The second-order valence-corrected chi connectivity index (χ2v) is 5.40. The SMILES string of the molecule is CC(C)c1ccc(CN[C@@H](C)C2CC2)cc1. The van der Waals surface area contributed by atoms with Crippen molar-refractivity contribution >= 4 is 0 Å². The van der Waals surface area contributed by atoms with E-state index in [1.807, 2.05) is 0 Å². The van der Waals surface area contributed by atoms with Gasteiger partial charge in [-0.2, -0.15) is 0 Å². The summed E-state index contributed by atoms with van der Waals surface area (Å²) in [5, 5.41) is 3.61. The summed E-state index contributed by atoms with van der Waals surface area (Å²) in [6.45, 7) is 7.79. The van der Waals surface area contributed by atoms with Gasteiger partial charge in [-0.05, 0) is 42.7 Å². The average molecular weight is 217 g/mol. The van der Waals surface area contributed by atoms with Crippen LogP contribution >= 0.6 is 0 Å². The highest BCUT2D eigenvalue weighted by atomic mass is 14.9. The fraction of sp³-hybridized carbons (Fsp3) is 0.600. The summed E-state index contributed by atoms with van der Waals surface area (Å²) >= 11 is 0. The Balaban J connectivity index is 1.84. The summed E-state index contributed by atoms with van der Waals surface area (Å²) < 4.78 is 0. The molecule has 0 unspecified atom stereocenters. The number of rotatable bonds is 5. The zero-order chi connectivity index (χ0) is 11.5. The molecule has 0 aliphatic heterocycles. The second kappa shape index (κ2) is 5.01. The molecular formula is C15H23N. The molecule has 0 aromatic heterocycles. The van der Waals surface area contributed by atoms with Crippen molar-refractivity contribution in [3.8, 4) is 0 Å². The topological polar surface area (TPSA) is 12.0 Å². The first-order chi connectivity index (χ1) is 7.66. The standard InChI is InChI=1S/C15H23N/c1-11(2)14-6-4-13(5-7-14)10-16-12(3)15-8-9-15/h4-7,11-12,15-16H,8-10H2,1-3H3/t12-/m0/s1. The fourth-order valence-electron chi connectivity index (χ4n) is 2.06. The van der Waals surface area contributed by atoms with Gasteiger partial charge in [0.15, 0.2) is 0 Å². The molecule has 1 heteroatoms. The van der Waals surface area contributed by atoms with Crippen molar-refractivity contribution < 1.29 is 0 Å². The highest BCUT2D eigenvalue weighted by molar-refractivity contribution is 5.24. The summed E-state index contributed by atoms with van der Waals surface area (Å²) in [5.74, 6) is 1.57. The predicted molar refractivity (Wildman–Crippen MR) is 69.6 cm³/mol. The third kappa shape index (κ3) is 3.08. The highest BCUT2D eigenvalue weighted by Crippen LogP contribution is 2.32. The first-order valence-electron chi connectivity index (χ1n) is 6.49. The Labute approximate surface area is 99.3 Å². The van der Waals surface area contributed by atoms with Crippen LogP contribution < -0.4 is 5.32 Å². The first kappa shape index (κ1) is 11.7. The molecule has 1 aromatic carbocycles. The Morgan fingerprint density at radius 3 is 2.25 bits per heavy atom. The van der Waals surface area contributed by atoms with E-state index in [2.05, 4.69) is 50.4 Å². The van der Waals surface area contributed by atoms with Crippen molar-refractivity contribution in [2.75, 3.05) is 0 Å². The maximum atomic E-state index is 3.61. The molecule has 88 valence electrons. The molecule has 0 saturated heterocycles. The Kier molecular flexibility index (Phi) is 3.65. The summed E-state index contributed by atoms with van der Waals surface area (Å²) in [6.07, 6.45) is 2.83. The quantitative estimate of drug-likeness (QED) is 0.793. The largest absolute Gasteiger partial charge is 0.310 e. The van der Waals surface area contributed by atoms with E-state index in [0.29, 0.717) is 12.0 Å². The molecule has 0 amide bonds. The maximum absolute atomic E-state index is 3.61. The van der Waals surface area contributed by atoms with Crippen molar-refractivity contribution in [2.45, 2.75) is 52.1 Å². The van der Waals surface area contributed by atoms with Crippen molar-refractivity contribution in [1.29, 1.82) is 0 Å². The van der Waals surface area contributed by atoms with Crippen LogP contribution in [-0.4, -0.2) is 6.04 Å². The molecule has 1 fully saturated rings. The van der Waals surface area contributed by atoms with Crippen LogP contribution in [0.3, 0.4) is 0 Å². The van der Waals surface area contributed by atoms with E-state index in [-0.39, 0.29) is 0 Å². The molecule has 1 aromatic rings. The lowest BCUT2D eigenvalue weighted by Gasteiger charge is -2.13. The van der Waals surface area contributed by atoms with Crippen LogP contribution in [-0.2, 0) is 6.54 Å². The smallest absolute Gasteiger partial charge is 0.0208 e. The molecule has 16 heavy (non-hydrogen) atoms. The van der Waals surface area contributed by atoms with Crippen molar-refractivity contribution in [3.63, 3.8) is 0 Å². The molecule has 1 saturated carbocycles. The third-order valence-corrected chi connectivity index (χ3v) is 3.60. The van der Waals surface area contributed by atoms with Crippen LogP contribution in [0.2, 0.25) is 0 Å². The minimum absolute atomic E-state index is 0.632. The molecule has 1 aliphatic rings. The summed E-state index contributed by atoms with van der Waals surface area (Å²) in [7, 11) is 0. The minimum atomic E-state index is 0.632. The van der Waals surface area contributed by atoms with E-state index in [4.69, 9.17) is 0 Å². The zero-order valence-electron chi connectivity index (χ0n) is 10.7. The summed E-state index contributed by atoms with van der Waals surface area (Å²) in [6, 6.07) is 9.70. The Hall–Kier alpha value is -0.820. The minimum Gasteiger partial charge on any atom is -0.310 e. The Bertz CT molecular complexity index is 322. The molecule has 1 N–H and O–H groups in total. The van der Waals surface area contributed by atoms with E-state index < -0.39 is 0 Å². The van der Waals surface area contributed by atoms with Crippen LogP contribution in [0.4, 0.5) is 0 Å². The molecule has 2 rings (SSSR count). The van der Waals surface area contributed by atoms with Gasteiger partial charge in [-0.1, -0.05) is 38.1 Å². The van der Waals surface area contributed by atoms with Crippen LogP contribution in [0.15, 0.2) is 24.3 Å². The van der Waals surface area contributed by atoms with E-state index >= 15 is 0 Å². The first-order valence-corrected chi connectivity index (χ1v) is 6.49. The van der Waals surface area contributed by atoms with Crippen molar-refractivity contribution in [1.82, 2.24) is 5.32 Å². The molecule has 0 heterocycles. The van der Waals surface area contributed by atoms with Crippen LogP contribution in [0.25, 0.3) is 0 Å². The van der Waals surface area contributed by atoms with Crippen molar-refractivity contribution in [3.05, 3.63) is 35.4 Å². The Morgan fingerprint density at radius 1 is 1.12 bits per heavy atom. The van der Waals surface area contributed by atoms with Gasteiger partial charge in [0.1, 0.15) is 0 Å². The third-order valence-electron chi connectivity index (χ3n) is 3.60. The number of nitrogens with one attached hydrogen (secondary N) is 1. The summed E-state index contributed by atoms with van der Waals surface area (Å²) in [5.41, 5.74) is 2.83. The van der Waals surface area contributed by atoms with Crippen LogP contribution in [0.1, 0.15) is 50.7 Å². The predicted octanol–water partition coefficient (Wildman–Crippen LogP) is 3.70. The van der Waals surface area contributed by atoms with Crippen LogP contribution in [0.5, 0.6) is 0 Å². The van der Waals surface area contributed by atoms with Gasteiger partial charge in [-0.25, -0.2) is 0 Å². The fourth-order valence-corrected chi connectivity index (χ4v) is 2.06. The number of hydrogen-bond donors (Lipinski definition) is 1. The normalized spacial score (nSPS) is 17.8. The molecule has 0 radical (unpaired) electrons. The average Bonchev–Trinajstić information content (AvgIpc) is 3.10. The van der Waals surface area contributed by atoms with Gasteiger partial charge in [-0.3, -0.25) is 0 Å². The van der Waals surface area contributed by atoms with Gasteiger partial charge in [0.2, 0.25) is 0 Å². The lowest BCUT2D eigenvalue weighted by Crippen LogP contribution is -2.27. The van der Waals surface area contributed by atoms with Gasteiger partial charge < -0.3 is 5.32 Å². The monoisotopic (exact) mass is 217 g/mol. The maximum Gasteiger partial charge on any atom is 0.0208 e. The van der Waals surface area contributed by atoms with Gasteiger partial charge in [0, 0.05) is 12.6 Å². The van der Waals surface area contributed by atoms with E-state index in [1.165, 1.54) is 24.0 Å². The van der Waals surface area contributed by atoms with Gasteiger partial charge >= 0.3 is 0 Å². The van der Waals surface area contributed by atoms with Gasteiger partial charge in [0.05, 0.1) is 0 Å². The summed E-state index contributed by atoms with van der Waals surface area (Å²) in [4.78, 5) is 0. The molecule has 1 nitrogen and oxygen atoms in total. The van der Waals surface area contributed by atoms with Gasteiger partial charge in [0.25, 0.3) is 0 Å². The van der Waals surface area contributed by atoms with E-state index in [0.717, 1.165) is 12.5 Å². The van der Waals surface area contributed by atoms with Crippen LogP contribution in [0, 0.1) is 5.92 Å². The zero-order valence-corrected chi connectivity index (χ0v) is 10.7. The van der Waals surface area contributed by atoms with Gasteiger partial charge in [-0.15, -0.1) is 0 Å². The number of benzene rings is 1. The molecule has 0 bridgehead atoms. The molecular weight excluding hydrogens is 194 g/mol. The highest BCUT2D eigenvalue weighted by Gasteiger charge is 2.27.